The van der Waals surface area contributed by atoms with E-state index in [9.17, 15) is 4.79 Å². The molecule has 0 aliphatic carbocycles. The number of amides is 1. The molecule has 4 rings (SSSR count). The van der Waals surface area contributed by atoms with Gasteiger partial charge < -0.3 is 9.31 Å². The highest BCUT2D eigenvalue weighted by molar-refractivity contribution is 6.62. The molecule has 1 fully saturated rings. The number of carbonyl (C=O) groups excluding carboxylic acids is 1. The largest absolute Gasteiger partial charge is 0.494 e. The second-order valence-electron chi connectivity index (χ2n) is 9.15. The lowest BCUT2D eigenvalue weighted by Gasteiger charge is -2.32. The zero-order valence-electron chi connectivity index (χ0n) is 17.5. The van der Waals surface area contributed by atoms with Crippen LogP contribution in [0.1, 0.15) is 52.8 Å². The van der Waals surface area contributed by atoms with Crippen molar-refractivity contribution in [3.8, 4) is 0 Å². The predicted octanol–water partition coefficient (Wildman–Crippen LogP) is 3.04. The summed E-state index contributed by atoms with van der Waals surface area (Å²) in [6.07, 6.45) is 3.31. The maximum Gasteiger partial charge on any atom is 0.494 e. The van der Waals surface area contributed by atoms with Gasteiger partial charge in [-0.15, -0.1) is 0 Å². The van der Waals surface area contributed by atoms with Gasteiger partial charge in [-0.3, -0.25) is 14.7 Å². The van der Waals surface area contributed by atoms with E-state index in [-0.39, 0.29) is 5.91 Å². The van der Waals surface area contributed by atoms with Crippen LogP contribution < -0.4 is 10.4 Å². The molecule has 28 heavy (non-hydrogen) atoms. The van der Waals surface area contributed by atoms with Crippen molar-refractivity contribution in [3.63, 3.8) is 0 Å². The summed E-state index contributed by atoms with van der Waals surface area (Å²) in [7, 11) is -0.486. The Morgan fingerprint density at radius 2 is 1.61 bits per heavy atom. The van der Waals surface area contributed by atoms with Crippen LogP contribution in [0.25, 0.3) is 0 Å². The van der Waals surface area contributed by atoms with Crippen molar-refractivity contribution < 1.29 is 14.1 Å². The summed E-state index contributed by atoms with van der Waals surface area (Å²) < 4.78 is 12.4. The van der Waals surface area contributed by atoms with E-state index in [0.29, 0.717) is 5.82 Å². The van der Waals surface area contributed by atoms with Gasteiger partial charge in [0.15, 0.2) is 5.82 Å². The molecule has 7 heteroatoms. The smallest absolute Gasteiger partial charge is 0.399 e. The van der Waals surface area contributed by atoms with Crippen molar-refractivity contribution in [2.75, 3.05) is 4.90 Å². The first kappa shape index (κ1) is 19.1. The molecular formula is C21H26BN3O3. The minimum atomic E-state index is -0.642. The lowest BCUT2D eigenvalue weighted by Crippen LogP contribution is -2.41. The SMILES string of the molecule is Cc1cnc(N2C(=O)C(C)(C)c3ccc(B4OC(C)(C)C(C)(C)O4)cc32)cn1. The highest BCUT2D eigenvalue weighted by Gasteiger charge is 2.52. The van der Waals surface area contributed by atoms with Crippen LogP contribution in [0.5, 0.6) is 0 Å². The van der Waals surface area contributed by atoms with Crippen molar-refractivity contribution in [1.82, 2.24) is 9.97 Å². The number of anilines is 2. The van der Waals surface area contributed by atoms with E-state index in [4.69, 9.17) is 9.31 Å². The van der Waals surface area contributed by atoms with Crippen LogP contribution in [0.4, 0.5) is 11.5 Å². The summed E-state index contributed by atoms with van der Waals surface area (Å²) in [6, 6.07) is 5.96. The Hall–Kier alpha value is -2.25. The molecule has 0 unspecified atom stereocenters. The number of carbonyl (C=O) groups is 1. The van der Waals surface area contributed by atoms with Gasteiger partial charge in [-0.05, 0) is 65.6 Å². The monoisotopic (exact) mass is 379 g/mol. The molecule has 0 saturated carbocycles. The number of hydrogen-bond acceptors (Lipinski definition) is 5. The summed E-state index contributed by atoms with van der Waals surface area (Å²) in [5.74, 6) is 0.500. The number of benzene rings is 1. The van der Waals surface area contributed by atoms with E-state index in [2.05, 4.69) is 9.97 Å². The van der Waals surface area contributed by atoms with Crippen LogP contribution in [-0.2, 0) is 19.5 Å². The summed E-state index contributed by atoms with van der Waals surface area (Å²) >= 11 is 0. The Morgan fingerprint density at radius 1 is 0.964 bits per heavy atom. The lowest BCUT2D eigenvalue weighted by atomic mass is 9.77. The average molecular weight is 379 g/mol. The molecule has 0 radical (unpaired) electrons. The topological polar surface area (TPSA) is 64.6 Å². The molecule has 146 valence electrons. The normalized spacial score (nSPS) is 21.9. The predicted molar refractivity (Wildman–Crippen MR) is 109 cm³/mol. The number of aromatic nitrogens is 2. The van der Waals surface area contributed by atoms with E-state index >= 15 is 0 Å². The number of nitrogens with zero attached hydrogens (tertiary/aromatic N) is 3. The fourth-order valence-electron chi connectivity index (χ4n) is 3.62. The molecule has 2 aliphatic rings. The van der Waals surface area contributed by atoms with Crippen molar-refractivity contribution >= 4 is 30.0 Å². The molecule has 1 aromatic heterocycles. The minimum Gasteiger partial charge on any atom is -0.399 e. The standard InChI is InChI=1S/C21H26BN3O3/c1-13-11-24-17(12-23-13)25-16-10-14(8-9-15(16)19(2,3)18(25)26)22-27-20(4,5)21(6,7)28-22/h8-12H,1-7H3. The molecule has 2 aromatic rings. The number of rotatable bonds is 2. The van der Waals surface area contributed by atoms with Crippen LogP contribution in [0.3, 0.4) is 0 Å². The van der Waals surface area contributed by atoms with Crippen LogP contribution in [0, 0.1) is 6.92 Å². The second-order valence-corrected chi connectivity index (χ2v) is 9.15. The zero-order valence-corrected chi connectivity index (χ0v) is 17.5. The van der Waals surface area contributed by atoms with E-state index in [1.165, 1.54) is 0 Å². The Bertz CT molecular complexity index is 938. The Morgan fingerprint density at radius 3 is 2.18 bits per heavy atom. The van der Waals surface area contributed by atoms with Gasteiger partial charge in [0.2, 0.25) is 5.91 Å². The Kier molecular flexibility index (Phi) is 4.01. The molecule has 0 N–H and O–H groups in total. The quantitative estimate of drug-likeness (QED) is 0.751. The molecule has 0 spiro atoms. The fourth-order valence-corrected chi connectivity index (χ4v) is 3.62. The summed E-state index contributed by atoms with van der Waals surface area (Å²) in [5.41, 5.74) is 1.97. The first-order chi connectivity index (χ1) is 12.9. The van der Waals surface area contributed by atoms with Gasteiger partial charge in [0.05, 0.1) is 40.4 Å². The van der Waals surface area contributed by atoms with Crippen molar-refractivity contribution in [2.24, 2.45) is 0 Å². The molecule has 6 nitrogen and oxygen atoms in total. The van der Waals surface area contributed by atoms with Crippen molar-refractivity contribution in [2.45, 2.75) is 65.1 Å². The maximum absolute atomic E-state index is 13.2. The summed E-state index contributed by atoms with van der Waals surface area (Å²) in [6.45, 7) is 13.9. The minimum absolute atomic E-state index is 0.0216. The summed E-state index contributed by atoms with van der Waals surface area (Å²) in [5, 5.41) is 0. The Balaban J connectivity index is 1.79. The lowest BCUT2D eigenvalue weighted by molar-refractivity contribution is -0.121. The first-order valence-corrected chi connectivity index (χ1v) is 9.57. The third-order valence-electron chi connectivity index (χ3n) is 6.20. The van der Waals surface area contributed by atoms with Crippen LogP contribution >= 0.6 is 0 Å². The highest BCUT2D eigenvalue weighted by Crippen LogP contribution is 2.44. The van der Waals surface area contributed by atoms with Crippen molar-refractivity contribution in [3.05, 3.63) is 41.9 Å². The van der Waals surface area contributed by atoms with Gasteiger partial charge in [-0.1, -0.05) is 12.1 Å². The number of aryl methyl sites for hydroxylation is 1. The van der Waals surface area contributed by atoms with Gasteiger partial charge in [-0.25, -0.2) is 4.98 Å². The van der Waals surface area contributed by atoms with E-state index in [1.807, 2.05) is 66.7 Å². The number of fused-ring (bicyclic) bond motifs is 1. The van der Waals surface area contributed by atoms with Gasteiger partial charge in [0.1, 0.15) is 0 Å². The van der Waals surface area contributed by atoms with Gasteiger partial charge in [-0.2, -0.15) is 0 Å². The molecule has 0 bridgehead atoms. The fraction of sp³-hybridized carbons (Fsp3) is 0.476. The molecule has 3 heterocycles. The third kappa shape index (κ3) is 2.68. The van der Waals surface area contributed by atoms with Crippen LogP contribution in [-0.4, -0.2) is 34.2 Å². The molecule has 0 atom stereocenters. The van der Waals surface area contributed by atoms with E-state index in [1.54, 1.807) is 17.3 Å². The van der Waals surface area contributed by atoms with Gasteiger partial charge in [0.25, 0.3) is 0 Å². The molecule has 1 amide bonds. The van der Waals surface area contributed by atoms with Gasteiger partial charge in [0, 0.05) is 0 Å². The molecule has 1 saturated heterocycles. The van der Waals surface area contributed by atoms with E-state index in [0.717, 1.165) is 22.4 Å². The molecular weight excluding hydrogens is 353 g/mol. The number of hydrogen-bond donors (Lipinski definition) is 0. The van der Waals surface area contributed by atoms with E-state index < -0.39 is 23.7 Å². The third-order valence-corrected chi connectivity index (χ3v) is 6.20. The van der Waals surface area contributed by atoms with Crippen LogP contribution in [0.2, 0.25) is 0 Å². The van der Waals surface area contributed by atoms with Crippen LogP contribution in [0.15, 0.2) is 30.6 Å². The van der Waals surface area contributed by atoms with Crippen molar-refractivity contribution in [1.29, 1.82) is 0 Å². The average Bonchev–Trinajstić information content (AvgIpc) is 2.95. The highest BCUT2D eigenvalue weighted by atomic mass is 16.7. The van der Waals surface area contributed by atoms with Gasteiger partial charge >= 0.3 is 7.12 Å². The second kappa shape index (κ2) is 5.88. The Labute approximate surface area is 166 Å². The molecule has 1 aromatic carbocycles. The maximum atomic E-state index is 13.2. The summed E-state index contributed by atoms with van der Waals surface area (Å²) in [4.78, 5) is 23.6. The first-order valence-electron chi connectivity index (χ1n) is 9.57. The zero-order chi connectivity index (χ0) is 20.5. The molecule has 2 aliphatic heterocycles.